The smallest absolute Gasteiger partial charge is 0.198 e. The van der Waals surface area contributed by atoms with Gasteiger partial charge in [-0.1, -0.05) is 22.4 Å². The molecule has 0 radical (unpaired) electrons. The van der Waals surface area contributed by atoms with Gasteiger partial charge in [-0.2, -0.15) is 5.10 Å². The van der Waals surface area contributed by atoms with Crippen molar-refractivity contribution in [2.24, 2.45) is 5.10 Å². The van der Waals surface area contributed by atoms with Crippen molar-refractivity contribution in [3.8, 4) is 17.2 Å². The van der Waals surface area contributed by atoms with Crippen LogP contribution in [0.2, 0.25) is 0 Å². The summed E-state index contributed by atoms with van der Waals surface area (Å²) in [5.41, 5.74) is 3.01. The van der Waals surface area contributed by atoms with Crippen LogP contribution in [0.3, 0.4) is 0 Å². The van der Waals surface area contributed by atoms with E-state index in [1.54, 1.807) is 14.2 Å². The highest BCUT2D eigenvalue weighted by Crippen LogP contribution is 2.51. The molecule has 0 aromatic heterocycles. The van der Waals surface area contributed by atoms with Gasteiger partial charge in [-0.05, 0) is 49.2 Å². The zero-order valence-corrected chi connectivity index (χ0v) is 18.4. The van der Waals surface area contributed by atoms with Gasteiger partial charge in [-0.15, -0.1) is 0 Å². The van der Waals surface area contributed by atoms with Crippen molar-refractivity contribution in [1.82, 2.24) is 5.01 Å². The van der Waals surface area contributed by atoms with Crippen molar-refractivity contribution in [1.29, 1.82) is 0 Å². The minimum Gasteiger partial charge on any atom is -0.493 e. The van der Waals surface area contributed by atoms with E-state index in [-0.39, 0.29) is 11.8 Å². The summed E-state index contributed by atoms with van der Waals surface area (Å²) in [5, 5.41) is 7.39. The zero-order chi connectivity index (χ0) is 20.0. The van der Waals surface area contributed by atoms with Crippen molar-refractivity contribution >= 4 is 21.6 Å². The van der Waals surface area contributed by atoms with Gasteiger partial charge >= 0.3 is 0 Å². The van der Waals surface area contributed by atoms with Crippen LogP contribution < -0.4 is 14.2 Å². The second-order valence-electron chi connectivity index (χ2n) is 7.97. The van der Waals surface area contributed by atoms with E-state index in [9.17, 15) is 0 Å². The van der Waals surface area contributed by atoms with E-state index in [4.69, 9.17) is 19.3 Å². The minimum atomic E-state index is -0.331. The van der Waals surface area contributed by atoms with E-state index in [1.807, 2.05) is 12.1 Å². The monoisotopic (exact) mass is 456 g/mol. The third kappa shape index (κ3) is 3.08. The molecule has 2 aromatic rings. The highest BCUT2D eigenvalue weighted by atomic mass is 79.9. The molecule has 3 aliphatic rings. The van der Waals surface area contributed by atoms with E-state index in [1.165, 1.54) is 24.8 Å². The summed E-state index contributed by atoms with van der Waals surface area (Å²) >= 11 is 3.63. The van der Waals surface area contributed by atoms with Crippen LogP contribution in [-0.4, -0.2) is 30.7 Å². The summed E-state index contributed by atoms with van der Waals surface area (Å²) in [6, 6.07) is 12.6. The highest BCUT2D eigenvalue weighted by Gasteiger charge is 2.50. The Hall–Kier alpha value is -2.21. The van der Waals surface area contributed by atoms with Crippen LogP contribution in [0, 0.1) is 0 Å². The summed E-state index contributed by atoms with van der Waals surface area (Å²) in [6.07, 6.45) is 6.50. The van der Waals surface area contributed by atoms with Gasteiger partial charge in [-0.3, -0.25) is 0 Å². The summed E-state index contributed by atoms with van der Waals surface area (Å²) in [4.78, 5) is 0. The number of methoxy groups -OCH3 is 2. The summed E-state index contributed by atoms with van der Waals surface area (Å²) in [5.74, 6) is 2.46. The zero-order valence-electron chi connectivity index (χ0n) is 16.8. The molecular weight excluding hydrogens is 432 g/mol. The standard InChI is InChI=1S/C23H25BrN2O3/c1-27-21-8-6-15(12-22(21)28-2)18-14-19-17-13-16(24)7-9-20(17)29-23(26(19)25-18)10-4-3-5-11-23/h6-9,12-13,19H,3-5,10-11,14H2,1-2H3. The van der Waals surface area contributed by atoms with Crippen LogP contribution in [-0.2, 0) is 0 Å². The molecule has 0 saturated heterocycles. The highest BCUT2D eigenvalue weighted by molar-refractivity contribution is 9.10. The molecule has 1 aliphatic carbocycles. The van der Waals surface area contributed by atoms with Crippen LogP contribution in [0.5, 0.6) is 17.2 Å². The van der Waals surface area contributed by atoms with E-state index in [0.717, 1.165) is 52.3 Å². The second-order valence-corrected chi connectivity index (χ2v) is 8.89. The molecule has 1 spiro atoms. The summed E-state index contributed by atoms with van der Waals surface area (Å²) in [6.45, 7) is 0. The Morgan fingerprint density at radius 2 is 1.83 bits per heavy atom. The third-order valence-electron chi connectivity index (χ3n) is 6.31. The topological polar surface area (TPSA) is 43.3 Å². The molecule has 0 amide bonds. The van der Waals surface area contributed by atoms with E-state index in [0.29, 0.717) is 0 Å². The lowest BCUT2D eigenvalue weighted by molar-refractivity contribution is -0.140. The maximum atomic E-state index is 6.65. The Kier molecular flexibility index (Phi) is 4.69. The number of hydrazone groups is 1. The quantitative estimate of drug-likeness (QED) is 0.596. The first-order chi connectivity index (χ1) is 14.1. The van der Waals surface area contributed by atoms with Crippen LogP contribution in [0.15, 0.2) is 46.0 Å². The molecule has 5 rings (SSSR count). The molecule has 5 nitrogen and oxygen atoms in total. The van der Waals surface area contributed by atoms with Crippen molar-refractivity contribution in [3.63, 3.8) is 0 Å². The predicted molar refractivity (Wildman–Crippen MR) is 116 cm³/mol. The maximum absolute atomic E-state index is 6.65. The number of hydrogen-bond donors (Lipinski definition) is 0. The fourth-order valence-electron chi connectivity index (χ4n) is 4.88. The molecule has 2 aliphatic heterocycles. The van der Waals surface area contributed by atoms with Gasteiger partial charge in [0.15, 0.2) is 17.2 Å². The Bertz CT molecular complexity index is 969. The van der Waals surface area contributed by atoms with E-state index >= 15 is 0 Å². The summed E-state index contributed by atoms with van der Waals surface area (Å²) < 4.78 is 18.6. The normalized spacial score (nSPS) is 21.8. The molecule has 1 unspecified atom stereocenters. The fraction of sp³-hybridized carbons (Fsp3) is 0.435. The van der Waals surface area contributed by atoms with Crippen molar-refractivity contribution < 1.29 is 14.2 Å². The van der Waals surface area contributed by atoms with Crippen molar-refractivity contribution in [2.45, 2.75) is 50.3 Å². The van der Waals surface area contributed by atoms with Crippen LogP contribution in [0.4, 0.5) is 0 Å². The molecule has 2 heterocycles. The molecule has 2 aromatic carbocycles. The Morgan fingerprint density at radius 3 is 2.59 bits per heavy atom. The number of ether oxygens (including phenoxy) is 3. The number of rotatable bonds is 3. The first-order valence-electron chi connectivity index (χ1n) is 10.2. The molecular formula is C23H25BrN2O3. The minimum absolute atomic E-state index is 0.192. The van der Waals surface area contributed by atoms with E-state index < -0.39 is 0 Å². The summed E-state index contributed by atoms with van der Waals surface area (Å²) in [7, 11) is 3.32. The van der Waals surface area contributed by atoms with Gasteiger partial charge in [-0.25, -0.2) is 5.01 Å². The maximum Gasteiger partial charge on any atom is 0.198 e. The van der Waals surface area contributed by atoms with Gasteiger partial charge in [0.25, 0.3) is 0 Å². The van der Waals surface area contributed by atoms with Gasteiger partial charge < -0.3 is 14.2 Å². The third-order valence-corrected chi connectivity index (χ3v) is 6.80. The first kappa shape index (κ1) is 18.8. The van der Waals surface area contributed by atoms with Gasteiger partial charge in [0.2, 0.25) is 0 Å². The number of fused-ring (bicyclic) bond motifs is 4. The predicted octanol–water partition coefficient (Wildman–Crippen LogP) is 5.67. The van der Waals surface area contributed by atoms with Crippen molar-refractivity contribution in [2.75, 3.05) is 14.2 Å². The van der Waals surface area contributed by atoms with E-state index in [2.05, 4.69) is 45.2 Å². The molecule has 1 saturated carbocycles. The lowest BCUT2D eigenvalue weighted by atomic mass is 9.86. The van der Waals surface area contributed by atoms with Crippen LogP contribution >= 0.6 is 15.9 Å². The lowest BCUT2D eigenvalue weighted by Crippen LogP contribution is -2.54. The molecule has 1 fully saturated rings. The molecule has 0 N–H and O–H groups in total. The Labute approximate surface area is 179 Å². The SMILES string of the molecule is COc1ccc(C2=NN3C(C2)c2cc(Br)ccc2OC32CCCCC2)cc1OC. The number of halogens is 1. The fourth-order valence-corrected chi connectivity index (χ4v) is 5.26. The molecule has 152 valence electrons. The average molecular weight is 457 g/mol. The van der Waals surface area contributed by atoms with Gasteiger partial charge in [0, 0.05) is 34.9 Å². The van der Waals surface area contributed by atoms with Gasteiger partial charge in [0.05, 0.1) is 26.0 Å². The second kappa shape index (κ2) is 7.24. The molecule has 0 bridgehead atoms. The Balaban J connectivity index is 1.58. The van der Waals surface area contributed by atoms with Crippen LogP contribution in [0.1, 0.15) is 55.7 Å². The first-order valence-corrected chi connectivity index (χ1v) is 11.0. The molecule has 6 heteroatoms. The van der Waals surface area contributed by atoms with Crippen molar-refractivity contribution in [3.05, 3.63) is 52.0 Å². The Morgan fingerprint density at radius 1 is 1.03 bits per heavy atom. The lowest BCUT2D eigenvalue weighted by Gasteiger charge is -2.49. The average Bonchev–Trinajstić information content (AvgIpc) is 3.21. The number of nitrogens with zero attached hydrogens (tertiary/aromatic N) is 2. The number of benzene rings is 2. The van der Waals surface area contributed by atoms with Gasteiger partial charge in [0.1, 0.15) is 5.75 Å². The molecule has 29 heavy (non-hydrogen) atoms. The largest absolute Gasteiger partial charge is 0.493 e. The number of hydrogen-bond acceptors (Lipinski definition) is 5. The van der Waals surface area contributed by atoms with Crippen LogP contribution in [0.25, 0.3) is 0 Å². The molecule has 1 atom stereocenters.